The van der Waals surface area contributed by atoms with E-state index in [9.17, 15) is 0 Å². The van der Waals surface area contributed by atoms with Crippen molar-refractivity contribution in [3.8, 4) is 0 Å². The van der Waals surface area contributed by atoms with Crippen LogP contribution in [0.15, 0.2) is 11.1 Å². The molecule has 0 spiro atoms. The summed E-state index contributed by atoms with van der Waals surface area (Å²) in [4.78, 5) is 0. The van der Waals surface area contributed by atoms with E-state index in [0.717, 1.165) is 11.5 Å². The molecule has 0 saturated carbocycles. The van der Waals surface area contributed by atoms with Crippen molar-refractivity contribution in [1.29, 1.82) is 0 Å². The van der Waals surface area contributed by atoms with Gasteiger partial charge in [0.05, 0.1) is 0 Å². The van der Waals surface area contributed by atoms with Gasteiger partial charge in [-0.2, -0.15) is 0 Å². The molecule has 0 bridgehead atoms. The van der Waals surface area contributed by atoms with Crippen LogP contribution in [0.1, 0.15) is 57.8 Å². The average Bonchev–Trinajstić information content (AvgIpc) is 2.11. The molecule has 0 atom stereocenters. The SMILES string of the molecule is Cl/C1=C/CCCCCCCCC1. The smallest absolute Gasteiger partial charge is 0.0141 e. The molecule has 1 aliphatic carbocycles. The monoisotopic (exact) mass is 186 g/mol. The largest absolute Gasteiger partial charge is 0.0895 e. The van der Waals surface area contributed by atoms with Crippen LogP contribution in [0.5, 0.6) is 0 Å². The lowest BCUT2D eigenvalue weighted by molar-refractivity contribution is 0.589. The predicted octanol–water partition coefficient (Wildman–Crippen LogP) is 4.63. The third-order valence-electron chi connectivity index (χ3n) is 2.49. The summed E-state index contributed by atoms with van der Waals surface area (Å²) in [6.45, 7) is 0. The minimum Gasteiger partial charge on any atom is -0.0895 e. The number of halogens is 1. The van der Waals surface area contributed by atoms with E-state index in [-0.39, 0.29) is 0 Å². The predicted molar refractivity (Wildman–Crippen MR) is 55.5 cm³/mol. The standard InChI is InChI=1S/C11H19Cl/c12-11-9-7-5-3-1-2-4-6-8-10-11/h9H,1-8,10H2/b11-9+. The Balaban J connectivity index is 2.25. The summed E-state index contributed by atoms with van der Waals surface area (Å²) < 4.78 is 0. The fourth-order valence-corrected chi connectivity index (χ4v) is 1.93. The van der Waals surface area contributed by atoms with Crippen molar-refractivity contribution >= 4 is 11.6 Å². The van der Waals surface area contributed by atoms with Crippen LogP contribution in [0, 0.1) is 0 Å². The molecule has 0 nitrogen and oxygen atoms in total. The summed E-state index contributed by atoms with van der Waals surface area (Å²) in [5.41, 5.74) is 0. The van der Waals surface area contributed by atoms with Gasteiger partial charge in [-0.25, -0.2) is 0 Å². The molecular weight excluding hydrogens is 168 g/mol. The lowest BCUT2D eigenvalue weighted by Crippen LogP contribution is -1.78. The van der Waals surface area contributed by atoms with Crippen LogP contribution in [0.3, 0.4) is 0 Å². The Kier molecular flexibility index (Phi) is 5.51. The molecule has 0 unspecified atom stereocenters. The van der Waals surface area contributed by atoms with E-state index < -0.39 is 0 Å². The summed E-state index contributed by atoms with van der Waals surface area (Å²) in [6, 6.07) is 0. The molecule has 12 heavy (non-hydrogen) atoms. The number of allylic oxidation sites excluding steroid dienone is 2. The van der Waals surface area contributed by atoms with Gasteiger partial charge in [0.15, 0.2) is 0 Å². The molecular formula is C11H19Cl. The zero-order chi connectivity index (χ0) is 8.65. The molecule has 1 rings (SSSR count). The third-order valence-corrected chi connectivity index (χ3v) is 2.83. The average molecular weight is 187 g/mol. The Morgan fingerprint density at radius 2 is 1.42 bits per heavy atom. The summed E-state index contributed by atoms with van der Waals surface area (Å²) in [7, 11) is 0. The molecule has 0 aromatic carbocycles. The lowest BCUT2D eigenvalue weighted by Gasteiger charge is -1.98. The first kappa shape index (κ1) is 10.1. The first-order chi connectivity index (χ1) is 5.89. The van der Waals surface area contributed by atoms with Crippen molar-refractivity contribution in [1.82, 2.24) is 0 Å². The van der Waals surface area contributed by atoms with E-state index in [1.807, 2.05) is 0 Å². The Bertz CT molecular complexity index is 138. The summed E-state index contributed by atoms with van der Waals surface area (Å²) in [5.74, 6) is 0. The van der Waals surface area contributed by atoms with Crippen LogP contribution in [-0.4, -0.2) is 0 Å². The van der Waals surface area contributed by atoms with Gasteiger partial charge in [-0.05, 0) is 25.7 Å². The highest BCUT2D eigenvalue weighted by molar-refractivity contribution is 6.29. The Morgan fingerprint density at radius 1 is 0.833 bits per heavy atom. The van der Waals surface area contributed by atoms with Crippen LogP contribution in [0.25, 0.3) is 0 Å². The molecule has 0 aliphatic heterocycles. The van der Waals surface area contributed by atoms with Crippen molar-refractivity contribution in [2.45, 2.75) is 57.8 Å². The summed E-state index contributed by atoms with van der Waals surface area (Å²) in [6.07, 6.45) is 14.1. The van der Waals surface area contributed by atoms with Gasteiger partial charge in [0.2, 0.25) is 0 Å². The van der Waals surface area contributed by atoms with Crippen LogP contribution in [0.2, 0.25) is 0 Å². The van der Waals surface area contributed by atoms with Crippen LogP contribution < -0.4 is 0 Å². The maximum Gasteiger partial charge on any atom is 0.0141 e. The second-order valence-electron chi connectivity index (χ2n) is 3.66. The van der Waals surface area contributed by atoms with Gasteiger partial charge < -0.3 is 0 Å². The molecule has 0 aromatic rings. The second kappa shape index (κ2) is 6.54. The minimum atomic E-state index is 1.09. The Hall–Kier alpha value is 0.0300. The van der Waals surface area contributed by atoms with Gasteiger partial charge >= 0.3 is 0 Å². The van der Waals surface area contributed by atoms with E-state index in [1.165, 1.54) is 51.4 Å². The molecule has 0 saturated heterocycles. The normalized spacial score (nSPS) is 26.9. The highest BCUT2D eigenvalue weighted by Gasteiger charge is 1.97. The molecule has 0 heterocycles. The first-order valence-corrected chi connectivity index (χ1v) is 5.62. The van der Waals surface area contributed by atoms with Crippen molar-refractivity contribution in [2.75, 3.05) is 0 Å². The Labute approximate surface area is 81.0 Å². The highest BCUT2D eigenvalue weighted by Crippen LogP contribution is 2.18. The van der Waals surface area contributed by atoms with E-state index >= 15 is 0 Å². The van der Waals surface area contributed by atoms with Gasteiger partial charge in [0, 0.05) is 5.03 Å². The van der Waals surface area contributed by atoms with Crippen LogP contribution in [-0.2, 0) is 0 Å². The van der Waals surface area contributed by atoms with E-state index in [2.05, 4.69) is 6.08 Å². The van der Waals surface area contributed by atoms with Gasteiger partial charge in [0.1, 0.15) is 0 Å². The minimum absolute atomic E-state index is 1.09. The summed E-state index contributed by atoms with van der Waals surface area (Å²) >= 11 is 6.03. The lowest BCUT2D eigenvalue weighted by atomic mass is 10.1. The van der Waals surface area contributed by atoms with Crippen molar-refractivity contribution in [2.24, 2.45) is 0 Å². The van der Waals surface area contributed by atoms with Crippen LogP contribution >= 0.6 is 11.6 Å². The fraction of sp³-hybridized carbons (Fsp3) is 0.818. The van der Waals surface area contributed by atoms with E-state index in [0.29, 0.717) is 0 Å². The number of rotatable bonds is 0. The van der Waals surface area contributed by atoms with Crippen LogP contribution in [0.4, 0.5) is 0 Å². The molecule has 70 valence electrons. The number of hydrogen-bond donors (Lipinski definition) is 0. The van der Waals surface area contributed by atoms with Gasteiger partial charge in [0.25, 0.3) is 0 Å². The third kappa shape index (κ3) is 4.82. The topological polar surface area (TPSA) is 0 Å². The molecule has 0 N–H and O–H groups in total. The fourth-order valence-electron chi connectivity index (χ4n) is 1.68. The highest BCUT2D eigenvalue weighted by atomic mass is 35.5. The van der Waals surface area contributed by atoms with Gasteiger partial charge in [-0.15, -0.1) is 0 Å². The van der Waals surface area contributed by atoms with Gasteiger partial charge in [-0.3, -0.25) is 0 Å². The molecule has 0 amide bonds. The quantitative estimate of drug-likeness (QED) is 0.518. The molecule has 1 heteroatoms. The Morgan fingerprint density at radius 3 is 2.17 bits per heavy atom. The van der Waals surface area contributed by atoms with Crippen molar-refractivity contribution < 1.29 is 0 Å². The van der Waals surface area contributed by atoms with Crippen molar-refractivity contribution in [3.63, 3.8) is 0 Å². The van der Waals surface area contributed by atoms with Crippen molar-refractivity contribution in [3.05, 3.63) is 11.1 Å². The van der Waals surface area contributed by atoms with E-state index in [4.69, 9.17) is 11.6 Å². The zero-order valence-electron chi connectivity index (χ0n) is 7.82. The summed E-state index contributed by atoms with van der Waals surface area (Å²) in [5, 5.41) is 1.09. The molecule has 0 fully saturated rings. The zero-order valence-corrected chi connectivity index (χ0v) is 8.58. The maximum absolute atomic E-state index is 6.03. The second-order valence-corrected chi connectivity index (χ2v) is 4.15. The molecule has 1 aliphatic rings. The first-order valence-electron chi connectivity index (χ1n) is 5.24. The van der Waals surface area contributed by atoms with Gasteiger partial charge in [-0.1, -0.05) is 49.8 Å². The molecule has 0 radical (unpaired) electrons. The van der Waals surface area contributed by atoms with E-state index in [1.54, 1.807) is 0 Å². The maximum atomic E-state index is 6.03. The molecule has 0 aromatic heterocycles. The number of hydrogen-bond acceptors (Lipinski definition) is 0.